The van der Waals surface area contributed by atoms with Crippen molar-refractivity contribution in [2.75, 3.05) is 11.6 Å². The molecule has 1 aromatic rings. The zero-order chi connectivity index (χ0) is 14.0. The Morgan fingerprint density at radius 3 is 2.63 bits per heavy atom. The summed E-state index contributed by atoms with van der Waals surface area (Å²) < 4.78 is 23.4. The summed E-state index contributed by atoms with van der Waals surface area (Å²) in [5.74, 6) is 0. The first kappa shape index (κ1) is 14.4. The molecule has 1 aromatic carbocycles. The number of benzene rings is 1. The van der Waals surface area contributed by atoms with E-state index in [4.69, 9.17) is 0 Å². The summed E-state index contributed by atoms with van der Waals surface area (Å²) in [7, 11) is -2.91. The maximum atomic E-state index is 11.7. The van der Waals surface area contributed by atoms with Gasteiger partial charge >= 0.3 is 0 Å². The van der Waals surface area contributed by atoms with Gasteiger partial charge < -0.3 is 5.32 Å². The van der Waals surface area contributed by atoms with Crippen LogP contribution in [0.1, 0.15) is 36.8 Å². The molecule has 1 saturated carbocycles. The van der Waals surface area contributed by atoms with Crippen molar-refractivity contribution in [1.29, 1.82) is 0 Å². The predicted molar refractivity (Wildman–Crippen MR) is 80.4 cm³/mol. The monoisotopic (exact) mass is 281 g/mol. The minimum Gasteiger partial charge on any atom is -0.382 e. The quantitative estimate of drug-likeness (QED) is 0.926. The van der Waals surface area contributed by atoms with Crippen LogP contribution in [0, 0.1) is 13.8 Å². The normalized spacial score (nSPS) is 24.2. The molecule has 1 aliphatic carbocycles. The van der Waals surface area contributed by atoms with Gasteiger partial charge in [-0.15, -0.1) is 0 Å². The molecule has 106 valence electrons. The topological polar surface area (TPSA) is 46.2 Å². The van der Waals surface area contributed by atoms with Crippen LogP contribution >= 0.6 is 0 Å². The molecule has 0 amide bonds. The molecule has 3 nitrogen and oxygen atoms in total. The number of hydrogen-bond donors (Lipinski definition) is 1. The molecule has 2 atom stereocenters. The summed E-state index contributed by atoms with van der Waals surface area (Å²) in [5.41, 5.74) is 3.66. The van der Waals surface area contributed by atoms with Crippen LogP contribution in [0.3, 0.4) is 0 Å². The Balaban J connectivity index is 2.09. The van der Waals surface area contributed by atoms with Gasteiger partial charge in [0.2, 0.25) is 0 Å². The summed E-state index contributed by atoms with van der Waals surface area (Å²) in [4.78, 5) is 0. The van der Waals surface area contributed by atoms with Gasteiger partial charge in [-0.2, -0.15) is 0 Å². The standard InChI is InChI=1S/C15H23NO2S/c1-11-6-4-9-15(12(11)2)16-13-7-5-8-14(10-13)19(3,17)18/h4,6,9,13-14,16H,5,7-8,10H2,1-3H3. The molecule has 1 aliphatic rings. The second-order valence-electron chi connectivity index (χ2n) is 5.71. The van der Waals surface area contributed by atoms with Gasteiger partial charge in [-0.05, 0) is 50.3 Å². The number of nitrogens with one attached hydrogen (secondary N) is 1. The molecule has 1 N–H and O–H groups in total. The SMILES string of the molecule is Cc1cccc(NC2CCCC(S(C)(=O)=O)C2)c1C. The van der Waals surface area contributed by atoms with E-state index in [1.54, 1.807) is 0 Å². The van der Waals surface area contributed by atoms with Gasteiger partial charge in [-0.25, -0.2) is 8.42 Å². The minimum atomic E-state index is -2.91. The lowest BCUT2D eigenvalue weighted by atomic mass is 9.94. The molecule has 1 fully saturated rings. The van der Waals surface area contributed by atoms with Gasteiger partial charge in [0, 0.05) is 18.0 Å². The van der Waals surface area contributed by atoms with Crippen molar-refractivity contribution >= 4 is 15.5 Å². The zero-order valence-electron chi connectivity index (χ0n) is 11.9. The molecule has 19 heavy (non-hydrogen) atoms. The van der Waals surface area contributed by atoms with Crippen molar-refractivity contribution in [2.45, 2.75) is 50.8 Å². The van der Waals surface area contributed by atoms with Crippen LogP contribution in [0.2, 0.25) is 0 Å². The summed E-state index contributed by atoms with van der Waals surface area (Å²) in [5, 5.41) is 3.35. The van der Waals surface area contributed by atoms with Crippen LogP contribution < -0.4 is 5.32 Å². The van der Waals surface area contributed by atoms with Crippen LogP contribution in [0.4, 0.5) is 5.69 Å². The summed E-state index contributed by atoms with van der Waals surface area (Å²) in [6.45, 7) is 4.20. The van der Waals surface area contributed by atoms with Crippen LogP contribution in [0.15, 0.2) is 18.2 Å². The molecule has 0 radical (unpaired) electrons. The van der Waals surface area contributed by atoms with Crippen LogP contribution in [-0.2, 0) is 9.84 Å². The molecule has 0 bridgehead atoms. The van der Waals surface area contributed by atoms with E-state index in [-0.39, 0.29) is 11.3 Å². The van der Waals surface area contributed by atoms with E-state index in [0.29, 0.717) is 0 Å². The number of sulfone groups is 1. The lowest BCUT2D eigenvalue weighted by Gasteiger charge is -2.30. The number of anilines is 1. The van der Waals surface area contributed by atoms with Crippen LogP contribution in [-0.4, -0.2) is 26.0 Å². The van der Waals surface area contributed by atoms with Gasteiger partial charge in [0.25, 0.3) is 0 Å². The summed E-state index contributed by atoms with van der Waals surface area (Å²) in [6, 6.07) is 6.49. The van der Waals surface area contributed by atoms with Gasteiger partial charge in [-0.1, -0.05) is 18.6 Å². The van der Waals surface area contributed by atoms with Gasteiger partial charge in [0.05, 0.1) is 5.25 Å². The highest BCUT2D eigenvalue weighted by Crippen LogP contribution is 2.28. The molecular weight excluding hydrogens is 258 g/mol. The van der Waals surface area contributed by atoms with E-state index in [1.165, 1.54) is 17.4 Å². The minimum absolute atomic E-state index is 0.177. The highest BCUT2D eigenvalue weighted by molar-refractivity contribution is 7.91. The molecule has 0 spiro atoms. The van der Waals surface area contributed by atoms with E-state index in [2.05, 4.69) is 31.3 Å². The van der Waals surface area contributed by atoms with Crippen LogP contribution in [0.5, 0.6) is 0 Å². The molecule has 4 heteroatoms. The fourth-order valence-electron chi connectivity index (χ4n) is 2.79. The maximum absolute atomic E-state index is 11.7. The fourth-order valence-corrected chi connectivity index (χ4v) is 3.97. The van der Waals surface area contributed by atoms with E-state index in [1.807, 2.05) is 6.07 Å². The largest absolute Gasteiger partial charge is 0.382 e. The van der Waals surface area contributed by atoms with E-state index >= 15 is 0 Å². The molecule has 0 heterocycles. The van der Waals surface area contributed by atoms with Crippen molar-refractivity contribution in [2.24, 2.45) is 0 Å². The van der Waals surface area contributed by atoms with E-state index in [9.17, 15) is 8.42 Å². The number of aryl methyl sites for hydroxylation is 1. The molecular formula is C15H23NO2S. The first-order valence-corrected chi connectivity index (χ1v) is 8.85. The third-order valence-corrected chi connectivity index (χ3v) is 5.83. The molecule has 0 aliphatic heterocycles. The average molecular weight is 281 g/mol. The fraction of sp³-hybridized carbons (Fsp3) is 0.600. The second kappa shape index (κ2) is 5.53. The number of hydrogen-bond acceptors (Lipinski definition) is 3. The van der Waals surface area contributed by atoms with Crippen molar-refractivity contribution in [1.82, 2.24) is 0 Å². The van der Waals surface area contributed by atoms with Crippen LogP contribution in [0.25, 0.3) is 0 Å². The Hall–Kier alpha value is -1.03. The van der Waals surface area contributed by atoms with E-state index < -0.39 is 9.84 Å². The Morgan fingerprint density at radius 1 is 1.21 bits per heavy atom. The lowest BCUT2D eigenvalue weighted by molar-refractivity contribution is 0.453. The van der Waals surface area contributed by atoms with Crippen molar-refractivity contribution in [3.63, 3.8) is 0 Å². The smallest absolute Gasteiger partial charge is 0.150 e. The average Bonchev–Trinajstić information content (AvgIpc) is 2.34. The number of rotatable bonds is 3. The van der Waals surface area contributed by atoms with Crippen molar-refractivity contribution in [3.05, 3.63) is 29.3 Å². The second-order valence-corrected chi connectivity index (χ2v) is 8.03. The Kier molecular flexibility index (Phi) is 4.19. The Labute approximate surface area is 116 Å². The summed E-state index contributed by atoms with van der Waals surface area (Å²) in [6.07, 6.45) is 4.94. The first-order chi connectivity index (χ1) is 8.88. The van der Waals surface area contributed by atoms with Gasteiger partial charge in [-0.3, -0.25) is 0 Å². The molecule has 2 rings (SSSR count). The van der Waals surface area contributed by atoms with Crippen molar-refractivity contribution in [3.8, 4) is 0 Å². The highest BCUT2D eigenvalue weighted by Gasteiger charge is 2.28. The van der Waals surface area contributed by atoms with Crippen molar-refractivity contribution < 1.29 is 8.42 Å². The first-order valence-electron chi connectivity index (χ1n) is 6.89. The highest BCUT2D eigenvalue weighted by atomic mass is 32.2. The Bertz CT molecular complexity index is 551. The third kappa shape index (κ3) is 3.50. The zero-order valence-corrected chi connectivity index (χ0v) is 12.8. The summed E-state index contributed by atoms with van der Waals surface area (Å²) >= 11 is 0. The molecule has 0 saturated heterocycles. The maximum Gasteiger partial charge on any atom is 0.150 e. The third-order valence-electron chi connectivity index (χ3n) is 4.20. The molecule has 0 aromatic heterocycles. The van der Waals surface area contributed by atoms with Gasteiger partial charge in [0.1, 0.15) is 9.84 Å². The molecule has 2 unspecified atom stereocenters. The lowest BCUT2D eigenvalue weighted by Crippen LogP contribution is -2.34. The Morgan fingerprint density at radius 2 is 1.95 bits per heavy atom. The van der Waals surface area contributed by atoms with Gasteiger partial charge in [0.15, 0.2) is 0 Å². The predicted octanol–water partition coefficient (Wildman–Crippen LogP) is 3.07. The van der Waals surface area contributed by atoms with E-state index in [0.717, 1.165) is 31.4 Å².